The van der Waals surface area contributed by atoms with Crippen LogP contribution in [-0.2, 0) is 6.42 Å². The summed E-state index contributed by atoms with van der Waals surface area (Å²) >= 11 is 0. The smallest absolute Gasteiger partial charge is 0.0702 e. The molecule has 1 aliphatic carbocycles. The van der Waals surface area contributed by atoms with E-state index in [1.807, 2.05) is 6.20 Å². The van der Waals surface area contributed by atoms with Gasteiger partial charge in [-0.05, 0) is 60.6 Å². The van der Waals surface area contributed by atoms with E-state index in [4.69, 9.17) is 0 Å². The number of benzene rings is 1. The van der Waals surface area contributed by atoms with Gasteiger partial charge in [-0.25, -0.2) is 0 Å². The lowest BCUT2D eigenvalue weighted by molar-refractivity contribution is 0.218. The second-order valence-electron chi connectivity index (χ2n) is 7.56. The number of nitrogens with zero attached hydrogens (tertiary/aromatic N) is 1. The van der Waals surface area contributed by atoms with Crippen molar-refractivity contribution in [1.29, 1.82) is 0 Å². The van der Waals surface area contributed by atoms with Crippen LogP contribution in [0.2, 0.25) is 0 Å². The van der Waals surface area contributed by atoms with E-state index < -0.39 is 0 Å². The van der Waals surface area contributed by atoms with Gasteiger partial charge in [-0.1, -0.05) is 63.9 Å². The minimum Gasteiger partial charge on any atom is -0.256 e. The highest BCUT2D eigenvalue weighted by Crippen LogP contribution is 2.41. The van der Waals surface area contributed by atoms with Crippen LogP contribution in [-0.4, -0.2) is 4.98 Å². The first-order valence-corrected chi connectivity index (χ1v) is 9.76. The minimum absolute atomic E-state index is 0.748. The van der Waals surface area contributed by atoms with Crippen molar-refractivity contribution in [3.8, 4) is 11.3 Å². The lowest BCUT2D eigenvalue weighted by Gasteiger charge is -2.34. The summed E-state index contributed by atoms with van der Waals surface area (Å²) in [6.07, 6.45) is 9.90. The molecule has 1 saturated carbocycles. The monoisotopic (exact) mass is 321 g/mol. The van der Waals surface area contributed by atoms with E-state index >= 15 is 0 Å². The molecule has 0 radical (unpaired) electrons. The highest BCUT2D eigenvalue weighted by molar-refractivity contribution is 5.59. The average molecular weight is 322 g/mol. The molecule has 0 unspecified atom stereocenters. The van der Waals surface area contributed by atoms with Gasteiger partial charge in [0.2, 0.25) is 0 Å². The van der Waals surface area contributed by atoms with Crippen LogP contribution in [0.15, 0.2) is 42.6 Å². The van der Waals surface area contributed by atoms with Crippen molar-refractivity contribution < 1.29 is 0 Å². The van der Waals surface area contributed by atoms with E-state index in [0.717, 1.165) is 29.9 Å². The molecular weight excluding hydrogens is 290 g/mol. The number of hydrogen-bond donors (Lipinski definition) is 0. The molecule has 1 aromatic heterocycles. The Hall–Kier alpha value is -1.63. The van der Waals surface area contributed by atoms with Gasteiger partial charge in [0.1, 0.15) is 0 Å². The van der Waals surface area contributed by atoms with Crippen LogP contribution in [0.25, 0.3) is 11.3 Å². The maximum atomic E-state index is 4.60. The summed E-state index contributed by atoms with van der Waals surface area (Å²) in [5.74, 6) is 2.57. The molecule has 1 aromatic carbocycles. The molecule has 0 aliphatic heterocycles. The van der Waals surface area contributed by atoms with Crippen LogP contribution >= 0.6 is 0 Å². The van der Waals surface area contributed by atoms with Crippen molar-refractivity contribution in [3.63, 3.8) is 0 Å². The highest BCUT2D eigenvalue weighted by atomic mass is 14.7. The molecule has 1 nitrogen and oxygen atoms in total. The SMILES string of the molecule is CCC[C@@H]1CC[C@H](c2ccc(-c3ccc(CC)cn3)cc2)C[C@@H]1C. The van der Waals surface area contributed by atoms with Crippen molar-refractivity contribution in [2.75, 3.05) is 0 Å². The van der Waals surface area contributed by atoms with Crippen LogP contribution in [0.4, 0.5) is 0 Å². The third-order valence-electron chi connectivity index (χ3n) is 5.92. The fraction of sp³-hybridized carbons (Fsp3) is 0.522. The normalized spacial score (nSPS) is 24.0. The summed E-state index contributed by atoms with van der Waals surface area (Å²) < 4.78 is 0. The molecule has 1 aliphatic rings. The Morgan fingerprint density at radius 3 is 2.38 bits per heavy atom. The fourth-order valence-electron chi connectivity index (χ4n) is 4.29. The molecule has 0 N–H and O–H groups in total. The standard InChI is InChI=1S/C23H31N/c1-4-6-19-8-13-22(15-17(19)3)20-9-11-21(12-10-20)23-14-7-18(5-2)16-24-23/h7,9-12,14,16-17,19,22H,4-6,8,13,15H2,1-3H3/t17-,19+,22-/m0/s1. The number of pyridine rings is 1. The number of aromatic nitrogens is 1. The molecule has 0 bridgehead atoms. The van der Waals surface area contributed by atoms with Crippen LogP contribution in [0.3, 0.4) is 0 Å². The Morgan fingerprint density at radius 2 is 1.79 bits per heavy atom. The molecule has 3 rings (SSSR count). The zero-order chi connectivity index (χ0) is 16.9. The summed E-state index contributed by atoms with van der Waals surface area (Å²) in [4.78, 5) is 4.60. The Bertz CT molecular complexity index is 626. The highest BCUT2D eigenvalue weighted by Gasteiger charge is 2.27. The van der Waals surface area contributed by atoms with Crippen molar-refractivity contribution in [1.82, 2.24) is 4.98 Å². The van der Waals surface area contributed by atoms with Gasteiger partial charge in [0.15, 0.2) is 0 Å². The van der Waals surface area contributed by atoms with Crippen LogP contribution in [0, 0.1) is 11.8 Å². The van der Waals surface area contributed by atoms with E-state index in [-0.39, 0.29) is 0 Å². The van der Waals surface area contributed by atoms with Gasteiger partial charge in [-0.15, -0.1) is 0 Å². The third kappa shape index (κ3) is 3.88. The zero-order valence-electron chi connectivity index (χ0n) is 15.5. The van der Waals surface area contributed by atoms with Gasteiger partial charge in [0.25, 0.3) is 0 Å². The predicted molar refractivity (Wildman–Crippen MR) is 103 cm³/mol. The molecular formula is C23H31N. The molecule has 1 heterocycles. The van der Waals surface area contributed by atoms with E-state index in [0.29, 0.717) is 0 Å². The molecule has 0 saturated heterocycles. The van der Waals surface area contributed by atoms with E-state index in [1.165, 1.54) is 48.8 Å². The van der Waals surface area contributed by atoms with Gasteiger partial charge in [-0.2, -0.15) is 0 Å². The summed E-state index contributed by atoms with van der Waals surface area (Å²) in [6, 6.07) is 13.5. The first-order valence-electron chi connectivity index (χ1n) is 9.76. The number of hydrogen-bond acceptors (Lipinski definition) is 1. The first kappa shape index (κ1) is 17.2. The summed E-state index contributed by atoms with van der Waals surface area (Å²) in [5, 5.41) is 0. The maximum absolute atomic E-state index is 4.60. The van der Waals surface area contributed by atoms with Crippen molar-refractivity contribution in [2.45, 2.75) is 65.2 Å². The van der Waals surface area contributed by atoms with Gasteiger partial charge < -0.3 is 0 Å². The summed E-state index contributed by atoms with van der Waals surface area (Å²) in [7, 11) is 0. The van der Waals surface area contributed by atoms with Crippen LogP contribution < -0.4 is 0 Å². The summed E-state index contributed by atoms with van der Waals surface area (Å²) in [6.45, 7) is 6.94. The van der Waals surface area contributed by atoms with Crippen LogP contribution in [0.1, 0.15) is 69.9 Å². The Balaban J connectivity index is 1.68. The Labute approximate surface area is 147 Å². The third-order valence-corrected chi connectivity index (χ3v) is 5.92. The maximum Gasteiger partial charge on any atom is 0.0702 e. The fourth-order valence-corrected chi connectivity index (χ4v) is 4.29. The molecule has 1 heteroatoms. The molecule has 1 fully saturated rings. The minimum atomic E-state index is 0.748. The van der Waals surface area contributed by atoms with Crippen molar-refractivity contribution >= 4 is 0 Å². The van der Waals surface area contributed by atoms with E-state index in [2.05, 4.69) is 62.2 Å². The molecule has 24 heavy (non-hydrogen) atoms. The summed E-state index contributed by atoms with van der Waals surface area (Å²) in [5.41, 5.74) is 5.13. The largest absolute Gasteiger partial charge is 0.256 e. The van der Waals surface area contributed by atoms with Gasteiger partial charge in [0, 0.05) is 11.8 Å². The zero-order valence-corrected chi connectivity index (χ0v) is 15.5. The molecule has 2 aromatic rings. The Morgan fingerprint density at radius 1 is 1.00 bits per heavy atom. The van der Waals surface area contributed by atoms with Gasteiger partial charge in [0.05, 0.1) is 5.69 Å². The second-order valence-corrected chi connectivity index (χ2v) is 7.56. The topological polar surface area (TPSA) is 12.9 Å². The molecule has 0 spiro atoms. The quantitative estimate of drug-likeness (QED) is 0.602. The van der Waals surface area contributed by atoms with Crippen LogP contribution in [0.5, 0.6) is 0 Å². The molecule has 3 atom stereocenters. The van der Waals surface area contributed by atoms with Crippen molar-refractivity contribution in [3.05, 3.63) is 53.7 Å². The average Bonchev–Trinajstić information content (AvgIpc) is 2.64. The number of rotatable bonds is 5. The van der Waals surface area contributed by atoms with E-state index in [9.17, 15) is 0 Å². The Kier molecular flexibility index (Phi) is 5.71. The lowest BCUT2D eigenvalue weighted by atomic mass is 9.71. The van der Waals surface area contributed by atoms with E-state index in [1.54, 1.807) is 0 Å². The second kappa shape index (κ2) is 7.96. The van der Waals surface area contributed by atoms with Gasteiger partial charge >= 0.3 is 0 Å². The lowest BCUT2D eigenvalue weighted by Crippen LogP contribution is -2.21. The van der Waals surface area contributed by atoms with Gasteiger partial charge in [-0.3, -0.25) is 4.98 Å². The van der Waals surface area contributed by atoms with Crippen molar-refractivity contribution in [2.24, 2.45) is 11.8 Å². The first-order chi connectivity index (χ1) is 11.7. The predicted octanol–water partition coefficient (Wildman–Crippen LogP) is 6.63. The molecule has 0 amide bonds. The molecule has 128 valence electrons. The number of aryl methyl sites for hydroxylation is 1.